The molecule has 2 rings (SSSR count). The number of aryl methyl sites for hydroxylation is 1. The summed E-state index contributed by atoms with van der Waals surface area (Å²) in [6.45, 7) is 4.10. The lowest BCUT2D eigenvalue weighted by atomic mass is 10.1. The van der Waals surface area contributed by atoms with Gasteiger partial charge in [-0.05, 0) is 24.6 Å². The van der Waals surface area contributed by atoms with Crippen LogP contribution < -0.4 is 15.2 Å². The quantitative estimate of drug-likeness (QED) is 0.871. The van der Waals surface area contributed by atoms with Crippen LogP contribution in [-0.4, -0.2) is 17.3 Å². The Morgan fingerprint density at radius 1 is 1.35 bits per heavy atom. The van der Waals surface area contributed by atoms with Gasteiger partial charge in [-0.1, -0.05) is 18.1 Å². The predicted molar refractivity (Wildman–Crippen MR) is 73.6 cm³/mol. The van der Waals surface area contributed by atoms with Crippen LogP contribution in [0.2, 0.25) is 0 Å². The maximum atomic E-state index is 5.84. The van der Waals surface area contributed by atoms with Gasteiger partial charge in [0.25, 0.3) is 0 Å². The molecule has 0 aliphatic rings. The molecule has 6 heteroatoms. The van der Waals surface area contributed by atoms with Crippen LogP contribution in [-0.2, 0) is 13.0 Å². The molecule has 0 unspecified atom stereocenters. The number of hydrogen-bond donors (Lipinski definition) is 1. The zero-order valence-corrected chi connectivity index (χ0v) is 11.9. The van der Waals surface area contributed by atoms with E-state index < -0.39 is 0 Å². The van der Waals surface area contributed by atoms with E-state index in [1.807, 2.05) is 32.0 Å². The van der Waals surface area contributed by atoms with Crippen molar-refractivity contribution in [2.24, 2.45) is 5.73 Å². The fourth-order valence-electron chi connectivity index (χ4n) is 1.72. The third-order valence-electron chi connectivity index (χ3n) is 2.88. The average Bonchev–Trinajstić information content (AvgIpc) is 2.92. The summed E-state index contributed by atoms with van der Waals surface area (Å²) >= 11 is 0. The van der Waals surface area contributed by atoms with Gasteiger partial charge in [0.15, 0.2) is 18.1 Å². The number of methoxy groups -OCH3 is 1. The molecule has 0 bridgehead atoms. The standard InChI is InChI=1S/C14H19N3O3/c1-4-14-16-13(17-20-14)8-19-11-6-5-10(9(2)15)7-12(11)18-3/h5-7,9H,4,8,15H2,1-3H3/t9-/m1/s1. The summed E-state index contributed by atoms with van der Waals surface area (Å²) in [6.07, 6.45) is 0.708. The maximum Gasteiger partial charge on any atom is 0.226 e. The van der Waals surface area contributed by atoms with E-state index in [9.17, 15) is 0 Å². The molecule has 0 spiro atoms. The Morgan fingerprint density at radius 2 is 2.15 bits per heavy atom. The van der Waals surface area contributed by atoms with E-state index in [0.29, 0.717) is 29.6 Å². The molecule has 108 valence electrons. The lowest BCUT2D eigenvalue weighted by Crippen LogP contribution is -2.06. The Bertz CT molecular complexity index is 567. The molecule has 0 aliphatic carbocycles. The lowest BCUT2D eigenvalue weighted by Gasteiger charge is -2.12. The van der Waals surface area contributed by atoms with Crippen LogP contribution in [0.1, 0.15) is 37.2 Å². The minimum atomic E-state index is -0.0535. The van der Waals surface area contributed by atoms with Crippen molar-refractivity contribution in [2.45, 2.75) is 32.9 Å². The van der Waals surface area contributed by atoms with E-state index in [2.05, 4.69) is 10.1 Å². The van der Waals surface area contributed by atoms with Crippen molar-refractivity contribution in [2.75, 3.05) is 7.11 Å². The van der Waals surface area contributed by atoms with Crippen molar-refractivity contribution in [3.63, 3.8) is 0 Å². The Balaban J connectivity index is 2.08. The van der Waals surface area contributed by atoms with Crippen LogP contribution in [0, 0.1) is 0 Å². The summed E-state index contributed by atoms with van der Waals surface area (Å²) in [5.41, 5.74) is 6.83. The van der Waals surface area contributed by atoms with Crippen molar-refractivity contribution < 1.29 is 14.0 Å². The summed E-state index contributed by atoms with van der Waals surface area (Å²) in [5.74, 6) is 2.38. The molecule has 1 heterocycles. The van der Waals surface area contributed by atoms with Crippen LogP contribution in [0.5, 0.6) is 11.5 Å². The first-order valence-corrected chi connectivity index (χ1v) is 6.51. The number of rotatable bonds is 6. The lowest BCUT2D eigenvalue weighted by molar-refractivity contribution is 0.269. The maximum absolute atomic E-state index is 5.84. The second kappa shape index (κ2) is 6.38. The van der Waals surface area contributed by atoms with Crippen LogP contribution in [0.3, 0.4) is 0 Å². The van der Waals surface area contributed by atoms with Gasteiger partial charge < -0.3 is 19.7 Å². The fraction of sp³-hybridized carbons (Fsp3) is 0.429. The zero-order chi connectivity index (χ0) is 14.5. The third-order valence-corrected chi connectivity index (χ3v) is 2.88. The van der Waals surface area contributed by atoms with Gasteiger partial charge >= 0.3 is 0 Å². The van der Waals surface area contributed by atoms with E-state index in [0.717, 1.165) is 5.56 Å². The van der Waals surface area contributed by atoms with Gasteiger partial charge in [-0.2, -0.15) is 4.98 Å². The van der Waals surface area contributed by atoms with Gasteiger partial charge in [0, 0.05) is 12.5 Å². The van der Waals surface area contributed by atoms with Crippen molar-refractivity contribution >= 4 is 0 Å². The van der Waals surface area contributed by atoms with E-state index in [1.165, 1.54) is 0 Å². The van der Waals surface area contributed by atoms with Crippen LogP contribution in [0.15, 0.2) is 22.7 Å². The summed E-state index contributed by atoms with van der Waals surface area (Å²) in [5, 5.41) is 3.83. The highest BCUT2D eigenvalue weighted by molar-refractivity contribution is 5.43. The Hall–Kier alpha value is -2.08. The molecule has 1 atom stereocenters. The molecule has 1 aromatic carbocycles. The second-order valence-corrected chi connectivity index (χ2v) is 4.45. The number of hydrogen-bond acceptors (Lipinski definition) is 6. The molecule has 0 radical (unpaired) electrons. The molecular formula is C14H19N3O3. The zero-order valence-electron chi connectivity index (χ0n) is 11.9. The summed E-state index contributed by atoms with van der Waals surface area (Å²) < 4.78 is 16.0. The van der Waals surface area contributed by atoms with Crippen LogP contribution >= 0.6 is 0 Å². The molecule has 0 saturated carbocycles. The Labute approximate surface area is 117 Å². The smallest absolute Gasteiger partial charge is 0.226 e. The van der Waals surface area contributed by atoms with Gasteiger partial charge in [0.1, 0.15) is 0 Å². The molecule has 0 aliphatic heterocycles. The van der Waals surface area contributed by atoms with Crippen LogP contribution in [0.4, 0.5) is 0 Å². The first-order valence-electron chi connectivity index (χ1n) is 6.51. The minimum Gasteiger partial charge on any atom is -0.493 e. The van der Waals surface area contributed by atoms with Crippen molar-refractivity contribution in [1.29, 1.82) is 0 Å². The number of nitrogens with zero attached hydrogens (tertiary/aromatic N) is 2. The molecule has 0 fully saturated rings. The normalized spacial score (nSPS) is 12.2. The van der Waals surface area contributed by atoms with Gasteiger partial charge in [-0.15, -0.1) is 0 Å². The predicted octanol–water partition coefficient (Wildman–Crippen LogP) is 2.24. The van der Waals surface area contributed by atoms with E-state index in [-0.39, 0.29) is 12.6 Å². The Morgan fingerprint density at radius 3 is 2.75 bits per heavy atom. The first kappa shape index (κ1) is 14.3. The number of ether oxygens (including phenoxy) is 2. The average molecular weight is 277 g/mol. The van der Waals surface area contributed by atoms with Crippen molar-refractivity contribution in [3.05, 3.63) is 35.5 Å². The minimum absolute atomic E-state index is 0.0535. The monoisotopic (exact) mass is 277 g/mol. The number of nitrogens with two attached hydrogens (primary N) is 1. The highest BCUT2D eigenvalue weighted by Crippen LogP contribution is 2.30. The van der Waals surface area contributed by atoms with Crippen molar-refractivity contribution in [3.8, 4) is 11.5 Å². The highest BCUT2D eigenvalue weighted by atomic mass is 16.5. The molecule has 20 heavy (non-hydrogen) atoms. The first-order chi connectivity index (χ1) is 9.63. The second-order valence-electron chi connectivity index (χ2n) is 4.45. The summed E-state index contributed by atoms with van der Waals surface area (Å²) in [4.78, 5) is 4.18. The van der Waals surface area contributed by atoms with E-state index in [4.69, 9.17) is 19.7 Å². The van der Waals surface area contributed by atoms with Crippen LogP contribution in [0.25, 0.3) is 0 Å². The molecule has 2 N–H and O–H groups in total. The molecule has 6 nitrogen and oxygen atoms in total. The molecule has 1 aromatic heterocycles. The molecule has 0 amide bonds. The highest BCUT2D eigenvalue weighted by Gasteiger charge is 2.10. The third kappa shape index (κ3) is 3.27. The fourth-order valence-corrected chi connectivity index (χ4v) is 1.72. The largest absolute Gasteiger partial charge is 0.493 e. The number of aromatic nitrogens is 2. The molecule has 2 aromatic rings. The Kier molecular flexibility index (Phi) is 4.57. The number of benzene rings is 1. The van der Waals surface area contributed by atoms with Gasteiger partial charge in [-0.25, -0.2) is 0 Å². The summed E-state index contributed by atoms with van der Waals surface area (Å²) in [7, 11) is 1.59. The summed E-state index contributed by atoms with van der Waals surface area (Å²) in [6, 6.07) is 5.56. The van der Waals surface area contributed by atoms with E-state index in [1.54, 1.807) is 7.11 Å². The van der Waals surface area contributed by atoms with Gasteiger partial charge in [-0.3, -0.25) is 0 Å². The molecular weight excluding hydrogens is 258 g/mol. The SMILES string of the molecule is CCc1nc(COc2ccc([C@@H](C)N)cc2OC)no1. The van der Waals surface area contributed by atoms with Crippen molar-refractivity contribution in [1.82, 2.24) is 10.1 Å². The molecule has 0 saturated heterocycles. The topological polar surface area (TPSA) is 83.4 Å². The van der Waals surface area contributed by atoms with E-state index >= 15 is 0 Å². The van der Waals surface area contributed by atoms with Gasteiger partial charge in [0.2, 0.25) is 11.7 Å². The van der Waals surface area contributed by atoms with Gasteiger partial charge in [0.05, 0.1) is 7.11 Å².